The van der Waals surface area contributed by atoms with Gasteiger partial charge in [-0.2, -0.15) is 0 Å². The molecule has 0 aliphatic heterocycles. The summed E-state index contributed by atoms with van der Waals surface area (Å²) in [6.45, 7) is 0.103. The predicted octanol–water partition coefficient (Wildman–Crippen LogP) is 4.15. The average Bonchev–Trinajstić information content (AvgIpc) is 2.45. The van der Waals surface area contributed by atoms with Gasteiger partial charge in [0.05, 0.1) is 4.47 Å². The summed E-state index contributed by atoms with van der Waals surface area (Å²) >= 11 is 3.02. The van der Waals surface area contributed by atoms with Gasteiger partial charge in [0.15, 0.2) is 0 Å². The Kier molecular flexibility index (Phi) is 4.83. The van der Waals surface area contributed by atoms with E-state index in [1.54, 1.807) is 18.2 Å². The molecule has 0 heterocycles. The minimum absolute atomic E-state index is 0.00847. The maximum atomic E-state index is 14.0. The molecule has 0 fully saturated rings. The van der Waals surface area contributed by atoms with Gasteiger partial charge in [-0.1, -0.05) is 18.2 Å². The second-order valence-electron chi connectivity index (χ2n) is 4.48. The van der Waals surface area contributed by atoms with Crippen LogP contribution in [0.1, 0.15) is 17.0 Å². The van der Waals surface area contributed by atoms with Gasteiger partial charge in [0, 0.05) is 11.5 Å². The lowest BCUT2D eigenvalue weighted by Crippen LogP contribution is -2.17. The summed E-state index contributed by atoms with van der Waals surface area (Å²) in [4.78, 5) is 0. The normalized spacial score (nSPS) is 12.4. The largest absolute Gasteiger partial charge is 0.330 e. The van der Waals surface area contributed by atoms with E-state index in [0.717, 1.165) is 0 Å². The number of rotatable bonds is 4. The van der Waals surface area contributed by atoms with Crippen LogP contribution in [0, 0.1) is 17.5 Å². The van der Waals surface area contributed by atoms with Crippen molar-refractivity contribution < 1.29 is 13.2 Å². The van der Waals surface area contributed by atoms with Crippen LogP contribution in [0.4, 0.5) is 13.2 Å². The van der Waals surface area contributed by atoms with E-state index in [0.29, 0.717) is 5.56 Å². The quantitative estimate of drug-likeness (QED) is 0.829. The molecule has 1 atom stereocenters. The van der Waals surface area contributed by atoms with Gasteiger partial charge in [-0.05, 0) is 52.7 Å². The van der Waals surface area contributed by atoms with Crippen LogP contribution in [0.25, 0.3) is 0 Å². The van der Waals surface area contributed by atoms with E-state index in [4.69, 9.17) is 5.73 Å². The fraction of sp³-hybridized carbons (Fsp3) is 0.200. The topological polar surface area (TPSA) is 26.0 Å². The van der Waals surface area contributed by atoms with Crippen LogP contribution in [0.2, 0.25) is 0 Å². The van der Waals surface area contributed by atoms with Crippen LogP contribution >= 0.6 is 15.9 Å². The van der Waals surface area contributed by atoms with Crippen molar-refractivity contribution in [3.05, 3.63) is 69.4 Å². The first-order valence-corrected chi connectivity index (χ1v) is 6.90. The molecule has 0 spiro atoms. The molecule has 0 aliphatic carbocycles. The highest BCUT2D eigenvalue weighted by Gasteiger charge is 2.20. The molecule has 0 saturated heterocycles. The van der Waals surface area contributed by atoms with Crippen LogP contribution in [-0.4, -0.2) is 6.54 Å². The molecule has 2 aromatic rings. The summed E-state index contributed by atoms with van der Waals surface area (Å²) in [5, 5.41) is 0. The summed E-state index contributed by atoms with van der Waals surface area (Å²) in [7, 11) is 0. The molecule has 0 saturated carbocycles. The first kappa shape index (κ1) is 15.1. The van der Waals surface area contributed by atoms with E-state index in [-0.39, 0.29) is 23.0 Å². The summed E-state index contributed by atoms with van der Waals surface area (Å²) in [5.74, 6) is -2.21. The van der Waals surface area contributed by atoms with Crippen molar-refractivity contribution in [2.75, 3.05) is 6.54 Å². The molecule has 0 aromatic heterocycles. The third kappa shape index (κ3) is 3.04. The lowest BCUT2D eigenvalue weighted by atomic mass is 9.91. The third-order valence-electron chi connectivity index (χ3n) is 3.22. The van der Waals surface area contributed by atoms with Gasteiger partial charge in [0.2, 0.25) is 0 Å². The molecule has 106 valence electrons. The molecule has 0 aliphatic rings. The second-order valence-corrected chi connectivity index (χ2v) is 5.33. The van der Waals surface area contributed by atoms with E-state index >= 15 is 0 Å². The highest BCUT2D eigenvalue weighted by molar-refractivity contribution is 9.10. The minimum atomic E-state index is -0.667. The van der Waals surface area contributed by atoms with Gasteiger partial charge < -0.3 is 5.73 Å². The fourth-order valence-electron chi connectivity index (χ4n) is 2.13. The Morgan fingerprint density at radius 1 is 1.00 bits per heavy atom. The molecule has 1 unspecified atom stereocenters. The number of benzene rings is 2. The van der Waals surface area contributed by atoms with Crippen LogP contribution < -0.4 is 5.73 Å². The molecule has 2 aromatic carbocycles. The van der Waals surface area contributed by atoms with Gasteiger partial charge in [0.25, 0.3) is 0 Å². The highest BCUT2D eigenvalue weighted by atomic mass is 79.9. The van der Waals surface area contributed by atoms with Gasteiger partial charge in [-0.25, -0.2) is 13.2 Å². The second kappa shape index (κ2) is 6.41. The van der Waals surface area contributed by atoms with Crippen LogP contribution in [0.5, 0.6) is 0 Å². The molecular weight excluding hydrogens is 331 g/mol. The van der Waals surface area contributed by atoms with Crippen molar-refractivity contribution in [3.63, 3.8) is 0 Å². The van der Waals surface area contributed by atoms with Crippen LogP contribution in [0.15, 0.2) is 40.9 Å². The van der Waals surface area contributed by atoms with Gasteiger partial charge in [0.1, 0.15) is 17.5 Å². The van der Waals surface area contributed by atoms with E-state index in [9.17, 15) is 13.2 Å². The lowest BCUT2D eigenvalue weighted by Gasteiger charge is -2.17. The van der Waals surface area contributed by atoms with Crippen molar-refractivity contribution in [1.29, 1.82) is 0 Å². The highest BCUT2D eigenvalue weighted by Crippen LogP contribution is 2.28. The summed E-state index contributed by atoms with van der Waals surface area (Å²) in [5.41, 5.74) is 5.92. The number of hydrogen-bond acceptors (Lipinski definition) is 1. The first-order valence-electron chi connectivity index (χ1n) is 6.11. The standard InChI is InChI=1S/C15H13BrF3N/c16-12-5-6-14(18)11(15(12)19)7-9(8-20)10-3-1-2-4-13(10)17/h1-6,9H,7-8,20H2. The molecule has 0 bridgehead atoms. The monoisotopic (exact) mass is 343 g/mol. The van der Waals surface area contributed by atoms with Crippen molar-refractivity contribution >= 4 is 15.9 Å². The first-order chi connectivity index (χ1) is 9.54. The smallest absolute Gasteiger partial charge is 0.143 e. The zero-order valence-electron chi connectivity index (χ0n) is 10.5. The SMILES string of the molecule is NCC(Cc1c(F)ccc(Br)c1F)c1ccccc1F. The van der Waals surface area contributed by atoms with E-state index in [1.807, 2.05) is 0 Å². The molecular formula is C15H13BrF3N. The summed E-state index contributed by atoms with van der Waals surface area (Å²) in [6.07, 6.45) is 0.00847. The van der Waals surface area contributed by atoms with E-state index < -0.39 is 23.4 Å². The zero-order chi connectivity index (χ0) is 14.7. The Labute approximate surface area is 123 Å². The van der Waals surface area contributed by atoms with Crippen molar-refractivity contribution in [3.8, 4) is 0 Å². The summed E-state index contributed by atoms with van der Waals surface area (Å²) in [6, 6.07) is 8.61. The number of halogens is 4. The molecule has 5 heteroatoms. The number of nitrogens with two attached hydrogens (primary N) is 1. The van der Waals surface area contributed by atoms with Crippen molar-refractivity contribution in [1.82, 2.24) is 0 Å². The maximum absolute atomic E-state index is 14.0. The molecule has 2 rings (SSSR count). The van der Waals surface area contributed by atoms with Crippen molar-refractivity contribution in [2.45, 2.75) is 12.3 Å². The Hall–Kier alpha value is -1.33. The lowest BCUT2D eigenvalue weighted by molar-refractivity contribution is 0.523. The third-order valence-corrected chi connectivity index (χ3v) is 3.83. The van der Waals surface area contributed by atoms with E-state index in [2.05, 4.69) is 15.9 Å². The maximum Gasteiger partial charge on any atom is 0.143 e. The average molecular weight is 344 g/mol. The molecule has 20 heavy (non-hydrogen) atoms. The minimum Gasteiger partial charge on any atom is -0.330 e. The molecule has 1 nitrogen and oxygen atoms in total. The molecule has 0 amide bonds. The Morgan fingerprint density at radius 2 is 1.70 bits per heavy atom. The predicted molar refractivity (Wildman–Crippen MR) is 76.0 cm³/mol. The Bertz CT molecular complexity index is 616. The van der Waals surface area contributed by atoms with Gasteiger partial charge in [-0.15, -0.1) is 0 Å². The summed E-state index contributed by atoms with van der Waals surface area (Å²) < 4.78 is 41.6. The molecule has 0 radical (unpaired) electrons. The number of hydrogen-bond donors (Lipinski definition) is 1. The van der Waals surface area contributed by atoms with Crippen molar-refractivity contribution in [2.24, 2.45) is 5.73 Å². The van der Waals surface area contributed by atoms with Gasteiger partial charge in [-0.3, -0.25) is 0 Å². The van der Waals surface area contributed by atoms with Crippen LogP contribution in [-0.2, 0) is 6.42 Å². The van der Waals surface area contributed by atoms with Gasteiger partial charge >= 0.3 is 0 Å². The Morgan fingerprint density at radius 3 is 2.35 bits per heavy atom. The zero-order valence-corrected chi connectivity index (χ0v) is 12.1. The van der Waals surface area contributed by atoms with E-state index in [1.165, 1.54) is 18.2 Å². The fourth-order valence-corrected chi connectivity index (χ4v) is 2.50. The Balaban J connectivity index is 2.37. The van der Waals surface area contributed by atoms with Crippen LogP contribution in [0.3, 0.4) is 0 Å². The molecule has 2 N–H and O–H groups in total.